The summed E-state index contributed by atoms with van der Waals surface area (Å²) in [6.45, 7) is 8.86. The maximum atomic E-state index is 5.15. The first-order valence-electron chi connectivity index (χ1n) is 5.92. The van der Waals surface area contributed by atoms with Crippen molar-refractivity contribution in [3.05, 3.63) is 29.7 Å². The first-order chi connectivity index (χ1) is 8.06. The normalized spacial score (nSPS) is 11.6. The van der Waals surface area contributed by atoms with E-state index in [1.165, 1.54) is 0 Å². The van der Waals surface area contributed by atoms with Crippen molar-refractivity contribution in [3.63, 3.8) is 0 Å². The van der Waals surface area contributed by atoms with Crippen LogP contribution in [0, 0.1) is 0 Å². The predicted octanol–water partition coefficient (Wildman–Crippen LogP) is 2.56. The van der Waals surface area contributed by atoms with Gasteiger partial charge in [-0.3, -0.25) is 4.68 Å². The molecule has 0 N–H and O–H groups in total. The number of rotatable bonds is 4. The Kier molecular flexibility index (Phi) is 3.26. The van der Waals surface area contributed by atoms with Gasteiger partial charge in [0, 0.05) is 12.1 Å². The Hall–Kier alpha value is -1.65. The molecule has 0 saturated carbocycles. The van der Waals surface area contributed by atoms with Crippen molar-refractivity contribution < 1.29 is 4.52 Å². The van der Waals surface area contributed by atoms with Crippen LogP contribution in [0.4, 0.5) is 0 Å². The molecule has 17 heavy (non-hydrogen) atoms. The minimum atomic E-state index is 0.264. The molecule has 0 aliphatic heterocycles. The summed E-state index contributed by atoms with van der Waals surface area (Å²) in [6, 6.07) is 2.02. The highest BCUT2D eigenvalue weighted by Crippen LogP contribution is 2.13. The maximum Gasteiger partial charge on any atom is 0.229 e. The van der Waals surface area contributed by atoms with E-state index in [4.69, 9.17) is 4.52 Å². The second kappa shape index (κ2) is 4.69. The lowest BCUT2D eigenvalue weighted by Gasteiger charge is -1.98. The van der Waals surface area contributed by atoms with Crippen molar-refractivity contribution in [2.45, 2.75) is 46.1 Å². The van der Waals surface area contributed by atoms with Gasteiger partial charge in [0.05, 0.1) is 5.69 Å². The highest BCUT2D eigenvalue weighted by Gasteiger charge is 2.11. The van der Waals surface area contributed by atoms with Gasteiger partial charge >= 0.3 is 0 Å². The predicted molar refractivity (Wildman–Crippen MR) is 63.8 cm³/mol. The Balaban J connectivity index is 2.08. The molecular weight excluding hydrogens is 216 g/mol. The Labute approximate surface area is 101 Å². The van der Waals surface area contributed by atoms with Crippen LogP contribution < -0.4 is 0 Å². The number of aromatic nitrogens is 4. The number of hydrogen-bond donors (Lipinski definition) is 0. The Morgan fingerprint density at radius 1 is 1.24 bits per heavy atom. The van der Waals surface area contributed by atoms with Gasteiger partial charge in [-0.15, -0.1) is 0 Å². The van der Waals surface area contributed by atoms with E-state index in [0.29, 0.717) is 24.2 Å². The molecule has 5 nitrogen and oxygen atoms in total. The van der Waals surface area contributed by atoms with Crippen molar-refractivity contribution in [2.24, 2.45) is 0 Å². The number of hydrogen-bond acceptors (Lipinski definition) is 4. The molecule has 0 amide bonds. The van der Waals surface area contributed by atoms with Gasteiger partial charge in [-0.25, -0.2) is 0 Å². The summed E-state index contributed by atoms with van der Waals surface area (Å²) in [5.74, 6) is 2.05. The van der Waals surface area contributed by atoms with Gasteiger partial charge in [0.2, 0.25) is 5.89 Å². The van der Waals surface area contributed by atoms with E-state index >= 15 is 0 Å². The van der Waals surface area contributed by atoms with Crippen molar-refractivity contribution in [2.75, 3.05) is 0 Å². The molecule has 0 aliphatic rings. The van der Waals surface area contributed by atoms with E-state index in [2.05, 4.69) is 29.1 Å². The zero-order chi connectivity index (χ0) is 12.4. The highest BCUT2D eigenvalue weighted by molar-refractivity contribution is 5.04. The van der Waals surface area contributed by atoms with Crippen molar-refractivity contribution >= 4 is 0 Å². The molecule has 2 aromatic heterocycles. The van der Waals surface area contributed by atoms with Crippen LogP contribution in [0.2, 0.25) is 0 Å². The third kappa shape index (κ3) is 2.72. The monoisotopic (exact) mass is 234 g/mol. The summed E-state index contributed by atoms with van der Waals surface area (Å²) < 4.78 is 6.99. The molecular formula is C12H18N4O. The number of nitrogens with zero attached hydrogens (tertiary/aromatic N) is 4. The summed E-state index contributed by atoms with van der Waals surface area (Å²) in [4.78, 5) is 4.32. The van der Waals surface area contributed by atoms with Gasteiger partial charge in [-0.1, -0.05) is 32.9 Å². The SMILES string of the molecule is CC(C)c1ccn(Cc2noc(C(C)C)n2)n1. The summed E-state index contributed by atoms with van der Waals surface area (Å²) >= 11 is 0. The average molecular weight is 234 g/mol. The van der Waals surface area contributed by atoms with Gasteiger partial charge < -0.3 is 4.52 Å². The first-order valence-corrected chi connectivity index (χ1v) is 5.92. The van der Waals surface area contributed by atoms with E-state index in [1.807, 2.05) is 30.8 Å². The standard InChI is InChI=1S/C12H18N4O/c1-8(2)10-5-6-16(14-10)7-11-13-12(9(3)4)17-15-11/h5-6,8-9H,7H2,1-4H3. The summed E-state index contributed by atoms with van der Waals surface area (Å²) in [5, 5.41) is 8.39. The molecule has 0 fully saturated rings. The molecule has 0 aliphatic carbocycles. The lowest BCUT2D eigenvalue weighted by Crippen LogP contribution is -2.03. The minimum Gasteiger partial charge on any atom is -0.339 e. The fourth-order valence-corrected chi connectivity index (χ4v) is 1.48. The molecule has 5 heteroatoms. The molecule has 2 rings (SSSR count). The van der Waals surface area contributed by atoms with Gasteiger partial charge in [-0.2, -0.15) is 10.1 Å². The van der Waals surface area contributed by atoms with Gasteiger partial charge in [-0.05, 0) is 12.0 Å². The second-order valence-electron chi connectivity index (χ2n) is 4.80. The molecule has 0 unspecified atom stereocenters. The molecule has 0 bridgehead atoms. The Morgan fingerprint density at radius 2 is 2.00 bits per heavy atom. The average Bonchev–Trinajstić information content (AvgIpc) is 2.87. The Bertz CT molecular complexity index is 440. The van der Waals surface area contributed by atoms with Crippen LogP contribution in [-0.4, -0.2) is 19.9 Å². The van der Waals surface area contributed by atoms with Gasteiger partial charge in [0.15, 0.2) is 5.82 Å². The summed E-state index contributed by atoms with van der Waals surface area (Å²) in [7, 11) is 0. The lowest BCUT2D eigenvalue weighted by atomic mass is 10.1. The first kappa shape index (κ1) is 11.8. The van der Waals surface area contributed by atoms with Gasteiger partial charge in [0.25, 0.3) is 0 Å². The molecule has 92 valence electrons. The van der Waals surface area contributed by atoms with E-state index in [0.717, 1.165) is 5.69 Å². The van der Waals surface area contributed by atoms with Crippen LogP contribution in [0.1, 0.15) is 56.9 Å². The quantitative estimate of drug-likeness (QED) is 0.815. The topological polar surface area (TPSA) is 56.7 Å². The van der Waals surface area contributed by atoms with E-state index in [1.54, 1.807) is 0 Å². The van der Waals surface area contributed by atoms with Crippen LogP contribution >= 0.6 is 0 Å². The van der Waals surface area contributed by atoms with Crippen LogP contribution in [-0.2, 0) is 6.54 Å². The smallest absolute Gasteiger partial charge is 0.229 e. The molecule has 2 aromatic rings. The molecule has 2 heterocycles. The highest BCUT2D eigenvalue weighted by atomic mass is 16.5. The third-order valence-corrected chi connectivity index (χ3v) is 2.53. The van der Waals surface area contributed by atoms with Crippen molar-refractivity contribution in [1.82, 2.24) is 19.9 Å². The van der Waals surface area contributed by atoms with Crippen LogP contribution in [0.25, 0.3) is 0 Å². The molecule has 0 radical (unpaired) electrons. The fourth-order valence-electron chi connectivity index (χ4n) is 1.48. The van der Waals surface area contributed by atoms with E-state index in [-0.39, 0.29) is 5.92 Å². The Morgan fingerprint density at radius 3 is 2.53 bits per heavy atom. The van der Waals surface area contributed by atoms with Crippen molar-refractivity contribution in [1.29, 1.82) is 0 Å². The largest absolute Gasteiger partial charge is 0.339 e. The maximum absolute atomic E-state index is 5.15. The van der Waals surface area contributed by atoms with Crippen molar-refractivity contribution in [3.8, 4) is 0 Å². The third-order valence-electron chi connectivity index (χ3n) is 2.53. The zero-order valence-corrected chi connectivity index (χ0v) is 10.7. The van der Waals surface area contributed by atoms with Gasteiger partial charge in [0.1, 0.15) is 6.54 Å². The summed E-state index contributed by atoms with van der Waals surface area (Å²) in [5.41, 5.74) is 1.08. The van der Waals surface area contributed by atoms with E-state index < -0.39 is 0 Å². The van der Waals surface area contributed by atoms with Crippen LogP contribution in [0.15, 0.2) is 16.8 Å². The lowest BCUT2D eigenvalue weighted by molar-refractivity contribution is 0.359. The minimum absolute atomic E-state index is 0.264. The van der Waals surface area contributed by atoms with Crippen LogP contribution in [0.5, 0.6) is 0 Å². The second-order valence-corrected chi connectivity index (χ2v) is 4.80. The zero-order valence-electron chi connectivity index (χ0n) is 10.7. The van der Waals surface area contributed by atoms with Crippen LogP contribution in [0.3, 0.4) is 0 Å². The molecule has 0 aromatic carbocycles. The van der Waals surface area contributed by atoms with E-state index in [9.17, 15) is 0 Å². The molecule has 0 spiro atoms. The molecule has 0 atom stereocenters. The molecule has 0 saturated heterocycles. The summed E-state index contributed by atoms with van der Waals surface area (Å²) in [6.07, 6.45) is 1.95. The fraction of sp³-hybridized carbons (Fsp3) is 0.583.